The molecule has 0 saturated carbocycles. The van der Waals surface area contributed by atoms with Gasteiger partial charge in [0.15, 0.2) is 5.82 Å². The van der Waals surface area contributed by atoms with Gasteiger partial charge in [0.25, 0.3) is 0 Å². The van der Waals surface area contributed by atoms with Crippen molar-refractivity contribution < 1.29 is 20.1 Å². The van der Waals surface area contributed by atoms with Gasteiger partial charge in [0, 0.05) is 55.4 Å². The molecule has 0 amide bonds. The van der Waals surface area contributed by atoms with Crippen LogP contribution in [0.15, 0.2) is 103 Å². The number of aromatic nitrogens is 3. The Bertz CT molecular complexity index is 1160. The predicted octanol–water partition coefficient (Wildman–Crippen LogP) is 6.48. The predicted molar refractivity (Wildman–Crippen MR) is 124 cm³/mol. The largest absolute Gasteiger partial charge is 0.651 e. The van der Waals surface area contributed by atoms with E-state index in [4.69, 9.17) is 5.32 Å². The summed E-state index contributed by atoms with van der Waals surface area (Å²) < 4.78 is 0. The quantitative estimate of drug-likeness (QED) is 0.270. The Morgan fingerprint density at radius 1 is 0.677 bits per heavy atom. The molecule has 2 aromatic heterocycles. The molecule has 3 heterocycles. The molecule has 1 aliphatic rings. The summed E-state index contributed by atoms with van der Waals surface area (Å²) in [5.74, 6) is 0.640. The van der Waals surface area contributed by atoms with Crippen molar-refractivity contribution in [3.63, 3.8) is 0 Å². The first-order valence-electron chi connectivity index (χ1n) is 9.56. The molecule has 0 bridgehead atoms. The Kier molecular flexibility index (Phi) is 6.72. The van der Waals surface area contributed by atoms with Crippen molar-refractivity contribution in [1.82, 2.24) is 15.0 Å². The van der Waals surface area contributed by atoms with Crippen molar-refractivity contribution in [3.8, 4) is 11.1 Å². The molecule has 0 unspecified atom stereocenters. The summed E-state index contributed by atoms with van der Waals surface area (Å²) in [6.45, 7) is 0. The van der Waals surface area contributed by atoms with Gasteiger partial charge in [-0.1, -0.05) is 65.7 Å². The van der Waals surface area contributed by atoms with Gasteiger partial charge in [0.1, 0.15) is 0 Å². The Morgan fingerprint density at radius 3 is 1.94 bits per heavy atom. The van der Waals surface area contributed by atoms with Crippen LogP contribution in [-0.4, -0.2) is 15.0 Å². The van der Waals surface area contributed by atoms with E-state index in [-0.39, 0.29) is 20.1 Å². The molecule has 153 valence electrons. The topological polar surface area (TPSA) is 52.8 Å². The van der Waals surface area contributed by atoms with Crippen LogP contribution in [0.1, 0.15) is 17.0 Å². The molecule has 4 aromatic rings. The standard InChI is InChI=1S/C25H17N4S.Ir/c1-3-7-19(8-4-1)24-25(20-9-5-2-6-10-20)30-23(29-24)15-22-27-16-21(17-28-22)18-11-13-26-14-12-18;/h1-17H;/q-1;/b23-15+;. The molecule has 4 nitrogen and oxygen atoms in total. The van der Waals surface area contributed by atoms with Crippen LogP contribution in [0.5, 0.6) is 0 Å². The van der Waals surface area contributed by atoms with Gasteiger partial charge in [0.2, 0.25) is 0 Å². The van der Waals surface area contributed by atoms with Crippen molar-refractivity contribution >= 4 is 28.4 Å². The Labute approximate surface area is 198 Å². The Balaban J connectivity index is 0.00000231. The second-order valence-corrected chi connectivity index (χ2v) is 7.70. The molecule has 0 spiro atoms. The Hall–Kier alpha value is -3.05. The van der Waals surface area contributed by atoms with Crippen molar-refractivity contribution in [1.29, 1.82) is 0 Å². The van der Waals surface area contributed by atoms with E-state index in [1.54, 1.807) is 24.2 Å². The molecule has 31 heavy (non-hydrogen) atoms. The van der Waals surface area contributed by atoms with Crippen molar-refractivity contribution in [2.24, 2.45) is 0 Å². The summed E-state index contributed by atoms with van der Waals surface area (Å²) in [5.41, 5.74) is 5.24. The monoisotopic (exact) mass is 598 g/mol. The van der Waals surface area contributed by atoms with E-state index in [0.29, 0.717) is 5.82 Å². The molecule has 0 saturated heterocycles. The summed E-state index contributed by atoms with van der Waals surface area (Å²) in [5, 5.41) is 5.79. The molecule has 6 heteroatoms. The van der Waals surface area contributed by atoms with Crippen LogP contribution in [-0.2, 0) is 20.1 Å². The zero-order chi connectivity index (χ0) is 20.2. The van der Waals surface area contributed by atoms with Gasteiger partial charge in [-0.25, -0.2) is 9.97 Å². The van der Waals surface area contributed by atoms with Gasteiger partial charge in [0.05, 0.1) is 0 Å². The van der Waals surface area contributed by atoms with Gasteiger partial charge < -0.3 is 5.32 Å². The minimum Gasteiger partial charge on any atom is -0.651 e. The summed E-state index contributed by atoms with van der Waals surface area (Å²) >= 11 is 1.65. The number of hydrogen-bond donors (Lipinski definition) is 0. The van der Waals surface area contributed by atoms with E-state index in [9.17, 15) is 0 Å². The number of thioether (sulfide) groups is 1. The van der Waals surface area contributed by atoms with Gasteiger partial charge in [-0.2, -0.15) is 0 Å². The summed E-state index contributed by atoms with van der Waals surface area (Å²) in [6.07, 6.45) is 9.12. The number of pyridine rings is 1. The number of rotatable bonds is 4. The third-order valence-corrected chi connectivity index (χ3v) is 5.72. The maximum Gasteiger partial charge on any atom is 0.151 e. The normalized spacial score (nSPS) is 14.3. The molecule has 5 rings (SSSR count). The van der Waals surface area contributed by atoms with Crippen molar-refractivity contribution in [3.05, 3.63) is 125 Å². The van der Waals surface area contributed by atoms with Crippen LogP contribution in [0.25, 0.3) is 33.1 Å². The van der Waals surface area contributed by atoms with Crippen molar-refractivity contribution in [2.45, 2.75) is 0 Å². The van der Waals surface area contributed by atoms with Crippen LogP contribution >= 0.6 is 11.8 Å². The van der Waals surface area contributed by atoms with E-state index < -0.39 is 0 Å². The molecule has 2 aromatic carbocycles. The second kappa shape index (κ2) is 9.84. The summed E-state index contributed by atoms with van der Waals surface area (Å²) in [6, 6.07) is 24.5. The third kappa shape index (κ3) is 4.83. The van der Waals surface area contributed by atoms with E-state index in [1.807, 2.05) is 67.0 Å². The Morgan fingerprint density at radius 2 is 1.29 bits per heavy atom. The fourth-order valence-corrected chi connectivity index (χ4v) is 4.22. The minimum atomic E-state index is 0. The molecule has 0 atom stereocenters. The number of hydrogen-bond acceptors (Lipinski definition) is 4. The van der Waals surface area contributed by atoms with E-state index >= 15 is 0 Å². The van der Waals surface area contributed by atoms with Crippen LogP contribution in [0, 0.1) is 0 Å². The SMILES string of the molecule is C(=C1/[N-]C(c2ccccc2)=C(c2ccccc2)S1)/c1ncc(-c2ccncc2)cn1.[Ir]. The maximum absolute atomic E-state index is 4.91. The fraction of sp³-hybridized carbons (Fsp3) is 0. The van der Waals surface area contributed by atoms with Gasteiger partial charge in [-0.3, -0.25) is 4.98 Å². The molecular formula is C25H17IrN4S-. The fourth-order valence-electron chi connectivity index (χ4n) is 3.19. The zero-order valence-electron chi connectivity index (χ0n) is 16.3. The molecule has 1 aliphatic heterocycles. The first-order valence-corrected chi connectivity index (χ1v) is 10.4. The van der Waals surface area contributed by atoms with Crippen molar-refractivity contribution in [2.75, 3.05) is 0 Å². The van der Waals surface area contributed by atoms with Gasteiger partial charge >= 0.3 is 0 Å². The number of nitrogens with zero attached hydrogens (tertiary/aromatic N) is 4. The molecule has 0 aliphatic carbocycles. The third-order valence-electron chi connectivity index (χ3n) is 4.66. The molecule has 1 radical (unpaired) electrons. The second-order valence-electron chi connectivity index (χ2n) is 6.67. The number of benzene rings is 2. The maximum atomic E-state index is 4.91. The van der Waals surface area contributed by atoms with Crippen LogP contribution in [0.3, 0.4) is 0 Å². The molecular weight excluding hydrogens is 581 g/mol. The summed E-state index contributed by atoms with van der Waals surface area (Å²) in [7, 11) is 0. The van der Waals surface area contributed by atoms with Crippen LogP contribution in [0.4, 0.5) is 0 Å². The van der Waals surface area contributed by atoms with Gasteiger partial charge in [-0.15, -0.1) is 17.5 Å². The molecule has 0 N–H and O–H groups in total. The summed E-state index contributed by atoms with van der Waals surface area (Å²) in [4.78, 5) is 14.2. The van der Waals surface area contributed by atoms with Crippen LogP contribution < -0.4 is 0 Å². The first-order chi connectivity index (χ1) is 14.9. The van der Waals surface area contributed by atoms with E-state index in [0.717, 1.165) is 37.9 Å². The van der Waals surface area contributed by atoms with Crippen LogP contribution in [0.2, 0.25) is 0 Å². The average molecular weight is 598 g/mol. The van der Waals surface area contributed by atoms with E-state index in [2.05, 4.69) is 39.2 Å². The smallest absolute Gasteiger partial charge is 0.151 e. The molecule has 0 fully saturated rings. The average Bonchev–Trinajstić information content (AvgIpc) is 3.25. The zero-order valence-corrected chi connectivity index (χ0v) is 19.6. The van der Waals surface area contributed by atoms with Gasteiger partial charge in [-0.05, 0) is 34.9 Å². The minimum absolute atomic E-state index is 0. The van der Waals surface area contributed by atoms with E-state index in [1.165, 1.54) is 0 Å². The first kappa shape index (κ1) is 21.2.